The summed E-state index contributed by atoms with van der Waals surface area (Å²) in [5, 5.41) is 0. The number of hydrogen-bond acceptors (Lipinski definition) is 1. The van der Waals surface area contributed by atoms with E-state index in [-0.39, 0.29) is 0 Å². The zero-order valence-corrected chi connectivity index (χ0v) is 12.8. The third kappa shape index (κ3) is 8.50. The SMILES string of the molecule is CCCCCCCC(CCCS)C(C)(C)C. The molecule has 0 nitrogen and oxygen atoms in total. The Kier molecular flexibility index (Phi) is 9.59. The first-order valence-corrected chi connectivity index (χ1v) is 7.76. The van der Waals surface area contributed by atoms with Crippen molar-refractivity contribution < 1.29 is 0 Å². The lowest BCUT2D eigenvalue weighted by Gasteiger charge is -2.31. The van der Waals surface area contributed by atoms with E-state index in [0.29, 0.717) is 5.41 Å². The van der Waals surface area contributed by atoms with Gasteiger partial charge in [-0.15, -0.1) is 0 Å². The van der Waals surface area contributed by atoms with E-state index in [0.717, 1.165) is 11.7 Å². The first kappa shape index (κ1) is 16.4. The van der Waals surface area contributed by atoms with Crippen molar-refractivity contribution in [3.63, 3.8) is 0 Å². The second-order valence-electron chi connectivity index (χ2n) is 6.13. The number of thiol groups is 1. The van der Waals surface area contributed by atoms with Gasteiger partial charge in [0.25, 0.3) is 0 Å². The molecule has 0 rings (SSSR count). The van der Waals surface area contributed by atoms with Crippen molar-refractivity contribution in [3.05, 3.63) is 0 Å². The molecule has 0 amide bonds. The molecule has 0 aliphatic heterocycles. The molecule has 0 radical (unpaired) electrons. The highest BCUT2D eigenvalue weighted by Gasteiger charge is 2.23. The molecule has 98 valence electrons. The fourth-order valence-corrected chi connectivity index (χ4v) is 2.52. The molecule has 0 spiro atoms. The number of hydrogen-bond donors (Lipinski definition) is 1. The summed E-state index contributed by atoms with van der Waals surface area (Å²) in [5.74, 6) is 1.93. The minimum atomic E-state index is 0.480. The van der Waals surface area contributed by atoms with Gasteiger partial charge in [-0.3, -0.25) is 0 Å². The second kappa shape index (κ2) is 9.39. The molecule has 0 bridgehead atoms. The Morgan fingerprint density at radius 2 is 1.44 bits per heavy atom. The van der Waals surface area contributed by atoms with Crippen LogP contribution in [0.5, 0.6) is 0 Å². The van der Waals surface area contributed by atoms with Crippen LogP contribution in [0.25, 0.3) is 0 Å². The summed E-state index contributed by atoms with van der Waals surface area (Å²) in [6.45, 7) is 9.46. The molecule has 0 aliphatic carbocycles. The highest BCUT2D eigenvalue weighted by atomic mass is 32.1. The molecule has 1 atom stereocenters. The summed E-state index contributed by atoms with van der Waals surface area (Å²) in [6, 6.07) is 0. The number of unbranched alkanes of at least 4 members (excludes halogenated alkanes) is 4. The average molecular weight is 244 g/mol. The normalized spacial score (nSPS) is 14.1. The van der Waals surface area contributed by atoms with Crippen molar-refractivity contribution >= 4 is 12.6 Å². The molecule has 0 aromatic carbocycles. The van der Waals surface area contributed by atoms with E-state index in [1.807, 2.05) is 0 Å². The minimum absolute atomic E-state index is 0.480. The lowest BCUT2D eigenvalue weighted by Crippen LogP contribution is -2.20. The Balaban J connectivity index is 3.75. The van der Waals surface area contributed by atoms with Crippen molar-refractivity contribution in [3.8, 4) is 0 Å². The maximum atomic E-state index is 4.33. The first-order chi connectivity index (χ1) is 7.52. The van der Waals surface area contributed by atoms with Crippen molar-refractivity contribution in [2.24, 2.45) is 11.3 Å². The smallest absolute Gasteiger partial charge is 0.00978 e. The van der Waals surface area contributed by atoms with Gasteiger partial charge in [-0.1, -0.05) is 59.8 Å². The molecular formula is C15H32S. The van der Waals surface area contributed by atoms with E-state index in [4.69, 9.17) is 0 Å². The summed E-state index contributed by atoms with van der Waals surface area (Å²) >= 11 is 4.33. The molecule has 0 N–H and O–H groups in total. The van der Waals surface area contributed by atoms with E-state index in [1.54, 1.807) is 0 Å². The van der Waals surface area contributed by atoms with Gasteiger partial charge >= 0.3 is 0 Å². The van der Waals surface area contributed by atoms with Gasteiger partial charge in [0.15, 0.2) is 0 Å². The molecule has 0 aromatic rings. The predicted octanol–water partition coefficient (Wildman–Crippen LogP) is 5.72. The zero-order chi connectivity index (χ0) is 12.4. The Morgan fingerprint density at radius 1 is 0.875 bits per heavy atom. The van der Waals surface area contributed by atoms with Gasteiger partial charge in [0.2, 0.25) is 0 Å². The topological polar surface area (TPSA) is 0 Å². The van der Waals surface area contributed by atoms with Crippen LogP contribution in [0.15, 0.2) is 0 Å². The van der Waals surface area contributed by atoms with Gasteiger partial charge in [0, 0.05) is 0 Å². The Hall–Kier alpha value is 0.350. The molecule has 16 heavy (non-hydrogen) atoms. The summed E-state index contributed by atoms with van der Waals surface area (Å²) in [7, 11) is 0. The van der Waals surface area contributed by atoms with E-state index in [9.17, 15) is 0 Å². The largest absolute Gasteiger partial charge is 0.179 e. The van der Waals surface area contributed by atoms with Crippen LogP contribution in [0.2, 0.25) is 0 Å². The van der Waals surface area contributed by atoms with Crippen molar-refractivity contribution in [1.29, 1.82) is 0 Å². The average Bonchev–Trinajstić information content (AvgIpc) is 2.20. The van der Waals surface area contributed by atoms with E-state index in [2.05, 4.69) is 40.3 Å². The summed E-state index contributed by atoms with van der Waals surface area (Å²) in [4.78, 5) is 0. The van der Waals surface area contributed by atoms with E-state index < -0.39 is 0 Å². The van der Waals surface area contributed by atoms with Gasteiger partial charge in [0.05, 0.1) is 0 Å². The van der Waals surface area contributed by atoms with Crippen LogP contribution in [-0.4, -0.2) is 5.75 Å². The maximum absolute atomic E-state index is 4.33. The lowest BCUT2D eigenvalue weighted by atomic mass is 9.75. The van der Waals surface area contributed by atoms with Crippen LogP contribution in [0.1, 0.15) is 79.1 Å². The monoisotopic (exact) mass is 244 g/mol. The first-order valence-electron chi connectivity index (χ1n) is 7.13. The summed E-state index contributed by atoms with van der Waals surface area (Å²) < 4.78 is 0. The molecule has 0 aromatic heterocycles. The molecule has 0 heterocycles. The fraction of sp³-hybridized carbons (Fsp3) is 1.00. The Bertz CT molecular complexity index is 146. The van der Waals surface area contributed by atoms with Crippen LogP contribution in [0, 0.1) is 11.3 Å². The van der Waals surface area contributed by atoms with Crippen molar-refractivity contribution in [2.45, 2.75) is 79.1 Å². The van der Waals surface area contributed by atoms with Gasteiger partial charge in [0.1, 0.15) is 0 Å². The Morgan fingerprint density at radius 3 is 1.94 bits per heavy atom. The maximum Gasteiger partial charge on any atom is -0.00978 e. The van der Waals surface area contributed by atoms with E-state index >= 15 is 0 Å². The third-order valence-corrected chi connectivity index (χ3v) is 3.91. The highest BCUT2D eigenvalue weighted by Crippen LogP contribution is 2.34. The second-order valence-corrected chi connectivity index (χ2v) is 6.58. The predicted molar refractivity (Wildman–Crippen MR) is 79.4 cm³/mol. The quantitative estimate of drug-likeness (QED) is 0.389. The van der Waals surface area contributed by atoms with Crippen LogP contribution < -0.4 is 0 Å². The highest BCUT2D eigenvalue weighted by molar-refractivity contribution is 7.80. The van der Waals surface area contributed by atoms with Crippen molar-refractivity contribution in [2.75, 3.05) is 5.75 Å². The molecular weight excluding hydrogens is 212 g/mol. The molecule has 1 heteroatoms. The fourth-order valence-electron chi connectivity index (χ4n) is 2.34. The Labute approximate surface area is 109 Å². The van der Waals surface area contributed by atoms with Gasteiger partial charge in [-0.2, -0.15) is 12.6 Å². The number of rotatable bonds is 9. The standard InChI is InChI=1S/C15H32S/c1-5-6-7-8-9-11-14(12-10-13-16)15(2,3)4/h14,16H,5-13H2,1-4H3. The third-order valence-electron chi connectivity index (χ3n) is 3.59. The van der Waals surface area contributed by atoms with Crippen LogP contribution >= 0.6 is 12.6 Å². The molecule has 0 fully saturated rings. The van der Waals surface area contributed by atoms with Gasteiger partial charge in [-0.25, -0.2) is 0 Å². The zero-order valence-electron chi connectivity index (χ0n) is 11.9. The molecule has 0 aliphatic rings. The van der Waals surface area contributed by atoms with Gasteiger partial charge in [-0.05, 0) is 36.3 Å². The van der Waals surface area contributed by atoms with Crippen LogP contribution in [-0.2, 0) is 0 Å². The summed E-state index contributed by atoms with van der Waals surface area (Å²) in [5.41, 5.74) is 0.480. The summed E-state index contributed by atoms with van der Waals surface area (Å²) in [6.07, 6.45) is 11.1. The van der Waals surface area contributed by atoms with Crippen molar-refractivity contribution in [1.82, 2.24) is 0 Å². The molecule has 1 unspecified atom stereocenters. The van der Waals surface area contributed by atoms with E-state index in [1.165, 1.54) is 51.4 Å². The molecule has 0 saturated carbocycles. The van der Waals surface area contributed by atoms with Crippen LogP contribution in [0.4, 0.5) is 0 Å². The lowest BCUT2D eigenvalue weighted by molar-refractivity contribution is 0.205. The van der Waals surface area contributed by atoms with Gasteiger partial charge < -0.3 is 0 Å². The van der Waals surface area contributed by atoms with Crippen LogP contribution in [0.3, 0.4) is 0 Å². The molecule has 0 saturated heterocycles. The minimum Gasteiger partial charge on any atom is -0.179 e.